The molecule has 96 valence electrons. The van der Waals surface area contributed by atoms with Gasteiger partial charge in [0.05, 0.1) is 12.3 Å². The van der Waals surface area contributed by atoms with Gasteiger partial charge < -0.3 is 19.4 Å². The van der Waals surface area contributed by atoms with Crippen LogP contribution in [0.5, 0.6) is 0 Å². The van der Waals surface area contributed by atoms with Gasteiger partial charge in [-0.25, -0.2) is 0 Å². The highest BCUT2D eigenvalue weighted by Crippen LogP contribution is 2.15. The number of hydrogen-bond donors (Lipinski definition) is 1. The first-order chi connectivity index (χ1) is 8.25. The predicted molar refractivity (Wildman–Crippen MR) is 66.1 cm³/mol. The van der Waals surface area contributed by atoms with E-state index in [1.165, 1.54) is 0 Å². The van der Waals surface area contributed by atoms with E-state index in [2.05, 4.69) is 29.0 Å². The minimum atomic E-state index is 0.460. The van der Waals surface area contributed by atoms with E-state index in [0.29, 0.717) is 6.04 Å². The van der Waals surface area contributed by atoms with Gasteiger partial charge in [0.25, 0.3) is 6.01 Å². The van der Waals surface area contributed by atoms with Crippen LogP contribution in [0.4, 0.5) is 6.01 Å². The van der Waals surface area contributed by atoms with Crippen LogP contribution in [0, 0.1) is 0 Å². The molecular weight excluding hydrogens is 218 g/mol. The molecule has 1 aliphatic heterocycles. The Hall–Kier alpha value is -1.07. The van der Waals surface area contributed by atoms with E-state index in [1.54, 1.807) is 6.26 Å². The molecule has 1 N–H and O–H groups in total. The first kappa shape index (κ1) is 12.4. The molecular formula is C12H21N3O2. The normalized spacial score (nSPS) is 17.5. The van der Waals surface area contributed by atoms with Gasteiger partial charge in [0.2, 0.25) is 0 Å². The second-order valence-electron chi connectivity index (χ2n) is 4.61. The number of ether oxygens (including phenoxy) is 1. The van der Waals surface area contributed by atoms with Crippen LogP contribution in [0.25, 0.3) is 0 Å². The zero-order valence-corrected chi connectivity index (χ0v) is 10.6. The van der Waals surface area contributed by atoms with Crippen molar-refractivity contribution in [2.24, 2.45) is 0 Å². The van der Waals surface area contributed by atoms with E-state index >= 15 is 0 Å². The van der Waals surface area contributed by atoms with Crippen molar-refractivity contribution in [2.45, 2.75) is 32.9 Å². The van der Waals surface area contributed by atoms with Crippen molar-refractivity contribution in [2.75, 3.05) is 31.2 Å². The van der Waals surface area contributed by atoms with Crippen molar-refractivity contribution >= 4 is 6.01 Å². The van der Waals surface area contributed by atoms with Crippen molar-refractivity contribution in [3.8, 4) is 0 Å². The van der Waals surface area contributed by atoms with E-state index in [-0.39, 0.29) is 0 Å². The molecule has 5 heteroatoms. The standard InChI is InChI=1S/C12H21N3O2/c1-10(2)13-8-11-9-17-12(14-11)15-4-3-6-16-7-5-15/h9-10,13H,3-8H2,1-2H3. The number of hydrogen-bond acceptors (Lipinski definition) is 5. The molecule has 1 aromatic rings. The van der Waals surface area contributed by atoms with Gasteiger partial charge in [0, 0.05) is 32.3 Å². The molecule has 1 aromatic heterocycles. The van der Waals surface area contributed by atoms with Gasteiger partial charge in [-0.05, 0) is 6.42 Å². The molecule has 0 spiro atoms. The molecule has 1 aliphatic rings. The lowest BCUT2D eigenvalue weighted by molar-refractivity contribution is 0.152. The minimum absolute atomic E-state index is 0.460. The highest BCUT2D eigenvalue weighted by atomic mass is 16.5. The number of rotatable bonds is 4. The van der Waals surface area contributed by atoms with Crippen molar-refractivity contribution in [3.05, 3.63) is 12.0 Å². The predicted octanol–water partition coefficient (Wildman–Crippen LogP) is 1.40. The first-order valence-electron chi connectivity index (χ1n) is 6.26. The number of nitrogens with zero attached hydrogens (tertiary/aromatic N) is 2. The Labute approximate surface area is 102 Å². The fourth-order valence-electron chi connectivity index (χ4n) is 1.77. The van der Waals surface area contributed by atoms with E-state index in [1.807, 2.05) is 0 Å². The molecule has 0 saturated carbocycles. The van der Waals surface area contributed by atoms with Crippen LogP contribution in [0.2, 0.25) is 0 Å². The van der Waals surface area contributed by atoms with E-state index in [9.17, 15) is 0 Å². The third-order valence-electron chi connectivity index (χ3n) is 2.72. The van der Waals surface area contributed by atoms with Gasteiger partial charge >= 0.3 is 0 Å². The zero-order chi connectivity index (χ0) is 12.1. The fourth-order valence-corrected chi connectivity index (χ4v) is 1.77. The molecule has 0 bridgehead atoms. The average molecular weight is 239 g/mol. The molecule has 0 unspecified atom stereocenters. The smallest absolute Gasteiger partial charge is 0.297 e. The summed E-state index contributed by atoms with van der Waals surface area (Å²) in [6.07, 6.45) is 2.76. The van der Waals surface area contributed by atoms with Crippen LogP contribution in [0.15, 0.2) is 10.7 Å². The van der Waals surface area contributed by atoms with Crippen molar-refractivity contribution < 1.29 is 9.15 Å². The van der Waals surface area contributed by atoms with Crippen LogP contribution in [-0.4, -0.2) is 37.3 Å². The quantitative estimate of drug-likeness (QED) is 0.860. The first-order valence-corrected chi connectivity index (χ1v) is 6.26. The summed E-state index contributed by atoms with van der Waals surface area (Å²) in [6.45, 7) is 8.39. The van der Waals surface area contributed by atoms with Gasteiger partial charge in [-0.1, -0.05) is 13.8 Å². The van der Waals surface area contributed by atoms with Gasteiger partial charge in [-0.2, -0.15) is 4.98 Å². The number of anilines is 1. The maximum Gasteiger partial charge on any atom is 0.297 e. The average Bonchev–Trinajstić information content (AvgIpc) is 2.60. The van der Waals surface area contributed by atoms with Crippen LogP contribution in [0.1, 0.15) is 26.0 Å². The Morgan fingerprint density at radius 1 is 1.41 bits per heavy atom. The maximum absolute atomic E-state index is 5.51. The minimum Gasteiger partial charge on any atom is -0.432 e. The molecule has 0 amide bonds. The largest absolute Gasteiger partial charge is 0.432 e. The molecule has 0 radical (unpaired) electrons. The summed E-state index contributed by atoms with van der Waals surface area (Å²) in [5.41, 5.74) is 0.957. The molecule has 0 aromatic carbocycles. The topological polar surface area (TPSA) is 50.5 Å². The van der Waals surface area contributed by atoms with Gasteiger partial charge in [-0.15, -0.1) is 0 Å². The van der Waals surface area contributed by atoms with Crippen molar-refractivity contribution in [1.29, 1.82) is 0 Å². The molecule has 0 atom stereocenters. The Morgan fingerprint density at radius 2 is 2.29 bits per heavy atom. The summed E-state index contributed by atoms with van der Waals surface area (Å²) in [6, 6.07) is 1.18. The maximum atomic E-state index is 5.51. The lowest BCUT2D eigenvalue weighted by atomic mass is 10.4. The van der Waals surface area contributed by atoms with E-state index < -0.39 is 0 Å². The Bertz CT molecular complexity index is 330. The lowest BCUT2D eigenvalue weighted by Gasteiger charge is -2.16. The Kier molecular flexibility index (Phi) is 4.39. The monoisotopic (exact) mass is 239 g/mol. The zero-order valence-electron chi connectivity index (χ0n) is 10.6. The summed E-state index contributed by atoms with van der Waals surface area (Å²) in [7, 11) is 0. The van der Waals surface area contributed by atoms with Crippen LogP contribution in [-0.2, 0) is 11.3 Å². The summed E-state index contributed by atoms with van der Waals surface area (Å²) >= 11 is 0. The SMILES string of the molecule is CC(C)NCc1coc(N2CCCOCC2)n1. The number of aromatic nitrogens is 1. The summed E-state index contributed by atoms with van der Waals surface area (Å²) in [5.74, 6) is 0. The summed E-state index contributed by atoms with van der Waals surface area (Å²) in [4.78, 5) is 6.63. The second kappa shape index (κ2) is 6.02. The van der Waals surface area contributed by atoms with Crippen LogP contribution < -0.4 is 10.2 Å². The highest BCUT2D eigenvalue weighted by molar-refractivity contribution is 5.27. The van der Waals surface area contributed by atoms with Gasteiger partial charge in [-0.3, -0.25) is 0 Å². The third kappa shape index (κ3) is 3.71. The van der Waals surface area contributed by atoms with Gasteiger partial charge in [0.15, 0.2) is 0 Å². The van der Waals surface area contributed by atoms with E-state index in [4.69, 9.17) is 9.15 Å². The number of nitrogens with one attached hydrogen (secondary N) is 1. The van der Waals surface area contributed by atoms with Crippen LogP contribution >= 0.6 is 0 Å². The van der Waals surface area contributed by atoms with Crippen LogP contribution in [0.3, 0.4) is 0 Å². The third-order valence-corrected chi connectivity index (χ3v) is 2.72. The molecule has 17 heavy (non-hydrogen) atoms. The number of oxazole rings is 1. The molecule has 0 aliphatic carbocycles. The summed E-state index contributed by atoms with van der Waals surface area (Å²) < 4.78 is 10.9. The Morgan fingerprint density at radius 3 is 3.12 bits per heavy atom. The van der Waals surface area contributed by atoms with Gasteiger partial charge in [0.1, 0.15) is 6.26 Å². The fraction of sp³-hybridized carbons (Fsp3) is 0.750. The summed E-state index contributed by atoms with van der Waals surface area (Å²) in [5, 5.41) is 3.32. The van der Waals surface area contributed by atoms with Crippen molar-refractivity contribution in [3.63, 3.8) is 0 Å². The molecule has 1 fully saturated rings. The van der Waals surface area contributed by atoms with Crippen molar-refractivity contribution in [1.82, 2.24) is 10.3 Å². The van der Waals surface area contributed by atoms with E-state index in [0.717, 1.165) is 51.0 Å². The Balaban J connectivity index is 1.92. The second-order valence-corrected chi connectivity index (χ2v) is 4.61. The lowest BCUT2D eigenvalue weighted by Crippen LogP contribution is -2.26. The molecule has 2 rings (SSSR count). The molecule has 5 nitrogen and oxygen atoms in total. The highest BCUT2D eigenvalue weighted by Gasteiger charge is 2.15. The molecule has 2 heterocycles. The molecule has 1 saturated heterocycles.